The van der Waals surface area contributed by atoms with Gasteiger partial charge in [0.1, 0.15) is 11.5 Å². The van der Waals surface area contributed by atoms with E-state index in [9.17, 15) is 4.79 Å². The third-order valence-corrected chi connectivity index (χ3v) is 11.2. The Bertz CT molecular complexity index is 1510. The molecule has 0 atom stereocenters. The summed E-state index contributed by atoms with van der Waals surface area (Å²) in [4.78, 5) is 20.5. The molecule has 6 heteroatoms. The second-order valence-corrected chi connectivity index (χ2v) is 15.4. The second kappa shape index (κ2) is 13.5. The number of piperazine rings is 1. The van der Waals surface area contributed by atoms with E-state index in [1.54, 1.807) is 0 Å². The Morgan fingerprint density at radius 1 is 0.851 bits per heavy atom. The average molecular weight is 636 g/mol. The Balaban J connectivity index is 0.957. The lowest BCUT2D eigenvalue weighted by Crippen LogP contribution is -2.51. The van der Waals surface area contributed by atoms with Crippen LogP contribution < -0.4 is 14.4 Å². The largest absolute Gasteiger partial charge is 0.494 e. The Labute approximate surface area is 282 Å². The average Bonchev–Trinajstić information content (AvgIpc) is 3.04. The summed E-state index contributed by atoms with van der Waals surface area (Å²) in [6.45, 7) is 12.5. The van der Waals surface area contributed by atoms with Crippen molar-refractivity contribution in [1.82, 2.24) is 9.80 Å². The molecule has 3 aromatic rings. The molecule has 47 heavy (non-hydrogen) atoms. The van der Waals surface area contributed by atoms with Gasteiger partial charge in [-0.25, -0.2) is 0 Å². The van der Waals surface area contributed by atoms with Crippen LogP contribution in [0.5, 0.6) is 11.5 Å². The summed E-state index contributed by atoms with van der Waals surface area (Å²) in [7, 11) is 2.03. The van der Waals surface area contributed by atoms with Crippen molar-refractivity contribution >= 4 is 11.6 Å². The first-order valence-corrected chi connectivity index (χ1v) is 18.1. The van der Waals surface area contributed by atoms with Crippen molar-refractivity contribution in [2.24, 2.45) is 23.2 Å². The number of hydrogen-bond donors (Lipinski definition) is 0. The van der Waals surface area contributed by atoms with E-state index in [-0.39, 0.29) is 12.0 Å². The van der Waals surface area contributed by atoms with Gasteiger partial charge in [0.25, 0.3) is 5.91 Å². The minimum atomic E-state index is 0.111. The normalized spacial score (nSPS) is 25.3. The third kappa shape index (κ3) is 7.33. The van der Waals surface area contributed by atoms with E-state index in [0.717, 1.165) is 85.2 Å². The molecule has 4 bridgehead atoms. The van der Waals surface area contributed by atoms with Crippen LogP contribution in [0.3, 0.4) is 0 Å². The summed E-state index contributed by atoms with van der Waals surface area (Å²) in [5.74, 6) is 4.70. The van der Waals surface area contributed by atoms with Gasteiger partial charge in [0.2, 0.25) is 0 Å². The molecule has 5 aliphatic rings. The number of hydrogen-bond acceptors (Lipinski definition) is 5. The van der Waals surface area contributed by atoms with Gasteiger partial charge in [-0.1, -0.05) is 12.1 Å². The van der Waals surface area contributed by atoms with Gasteiger partial charge in [-0.05, 0) is 154 Å². The van der Waals surface area contributed by atoms with E-state index in [1.807, 2.05) is 37.1 Å². The molecule has 1 heterocycles. The number of amides is 1. The highest BCUT2D eigenvalue weighted by Crippen LogP contribution is 2.60. The summed E-state index contributed by atoms with van der Waals surface area (Å²) >= 11 is 0. The van der Waals surface area contributed by atoms with E-state index in [4.69, 9.17) is 9.47 Å². The van der Waals surface area contributed by atoms with Crippen molar-refractivity contribution in [2.75, 3.05) is 51.3 Å². The lowest BCUT2D eigenvalue weighted by molar-refractivity contribution is -0.0629. The monoisotopic (exact) mass is 635 g/mol. The van der Waals surface area contributed by atoms with Crippen molar-refractivity contribution < 1.29 is 14.3 Å². The number of rotatable bonds is 11. The van der Waals surface area contributed by atoms with E-state index in [1.165, 1.54) is 49.8 Å². The van der Waals surface area contributed by atoms with Crippen LogP contribution in [0, 0.1) is 23.2 Å². The highest BCUT2D eigenvalue weighted by molar-refractivity contribution is 5.94. The molecule has 8 rings (SSSR count). The van der Waals surface area contributed by atoms with Crippen molar-refractivity contribution in [1.29, 1.82) is 0 Å². The predicted octanol–water partition coefficient (Wildman–Crippen LogP) is 8.15. The molecule has 3 aromatic carbocycles. The van der Waals surface area contributed by atoms with Crippen LogP contribution >= 0.6 is 0 Å². The molecule has 0 spiro atoms. The number of benzene rings is 3. The van der Waals surface area contributed by atoms with Crippen molar-refractivity contribution in [2.45, 2.75) is 71.9 Å². The number of carbonyl (C=O) groups excluding carboxylic acids is 1. The van der Waals surface area contributed by atoms with Crippen molar-refractivity contribution in [3.8, 4) is 22.6 Å². The molecule has 250 valence electrons. The molecule has 0 radical (unpaired) electrons. The molecule has 6 nitrogen and oxygen atoms in total. The molecule has 0 aromatic heterocycles. The van der Waals surface area contributed by atoms with Crippen LogP contribution in [0.15, 0.2) is 66.7 Å². The van der Waals surface area contributed by atoms with E-state index < -0.39 is 0 Å². The maximum absolute atomic E-state index is 13.5. The fraction of sp³-hybridized carbons (Fsp3) is 0.537. The molecule has 4 saturated carbocycles. The zero-order valence-electron chi connectivity index (χ0n) is 28.9. The highest BCUT2D eigenvalue weighted by atomic mass is 16.5. The lowest BCUT2D eigenvalue weighted by Gasteiger charge is -2.57. The fourth-order valence-electron chi connectivity index (χ4n) is 9.71. The molecule has 0 unspecified atom stereocenters. The Morgan fingerprint density at radius 3 is 2.15 bits per heavy atom. The Hall–Kier alpha value is -3.51. The quantitative estimate of drug-likeness (QED) is 0.213. The summed E-state index contributed by atoms with van der Waals surface area (Å²) in [5, 5.41) is 0. The first kappa shape index (κ1) is 32.1. The molecule has 1 aliphatic heterocycles. The van der Waals surface area contributed by atoms with Gasteiger partial charge in [-0.2, -0.15) is 0 Å². The minimum Gasteiger partial charge on any atom is -0.494 e. The number of anilines is 1. The van der Waals surface area contributed by atoms with Crippen LogP contribution in [0.4, 0.5) is 5.69 Å². The number of ether oxygens (including phenoxy) is 2. The zero-order valence-corrected chi connectivity index (χ0v) is 28.9. The standard InChI is InChI=1S/C41H53N3O3/c1-5-46-38-8-6-7-35(22-38)36-20-33(21-39(23-36)47-29(2)3)27-43-13-15-44(16-14-43)37-11-9-34(10-12-37)40(45)42(4)28-41-24-30-17-31(25-41)19-32(18-30)26-41/h6-12,20-23,29-32H,5,13-19,24-28H2,1-4H3. The van der Waals surface area contributed by atoms with E-state index >= 15 is 0 Å². The zero-order chi connectivity index (χ0) is 32.5. The molecule has 4 aliphatic carbocycles. The van der Waals surface area contributed by atoms with Crippen molar-refractivity contribution in [3.05, 3.63) is 77.9 Å². The lowest BCUT2D eigenvalue weighted by atomic mass is 9.49. The Morgan fingerprint density at radius 2 is 1.51 bits per heavy atom. The minimum absolute atomic E-state index is 0.111. The first-order valence-electron chi connectivity index (χ1n) is 18.1. The summed E-state index contributed by atoms with van der Waals surface area (Å²) in [5.41, 5.74) is 5.93. The number of nitrogens with zero attached hydrogens (tertiary/aromatic N) is 3. The topological polar surface area (TPSA) is 45.2 Å². The molecule has 1 amide bonds. The fourth-order valence-corrected chi connectivity index (χ4v) is 9.71. The SMILES string of the molecule is CCOc1cccc(-c2cc(CN3CCN(c4ccc(C(=O)N(C)CC56CC7CC(CC(C7)C5)C6)cc4)CC3)cc(OC(C)C)c2)c1. The van der Waals surface area contributed by atoms with Crippen LogP contribution in [0.2, 0.25) is 0 Å². The molecular weight excluding hydrogens is 582 g/mol. The van der Waals surface area contributed by atoms with Gasteiger partial charge < -0.3 is 19.3 Å². The van der Waals surface area contributed by atoms with Gasteiger partial charge >= 0.3 is 0 Å². The van der Waals surface area contributed by atoms with Gasteiger partial charge in [0.05, 0.1) is 12.7 Å². The highest BCUT2D eigenvalue weighted by Gasteiger charge is 2.51. The first-order chi connectivity index (χ1) is 22.7. The molecule has 0 N–H and O–H groups in total. The molecule has 1 saturated heterocycles. The predicted molar refractivity (Wildman–Crippen MR) is 190 cm³/mol. The maximum Gasteiger partial charge on any atom is 0.253 e. The van der Waals surface area contributed by atoms with Gasteiger partial charge in [0.15, 0.2) is 0 Å². The second-order valence-electron chi connectivity index (χ2n) is 15.4. The van der Waals surface area contributed by atoms with E-state index in [2.05, 4.69) is 72.2 Å². The molecular formula is C41H53N3O3. The van der Waals surface area contributed by atoms with E-state index in [0.29, 0.717) is 12.0 Å². The van der Waals surface area contributed by atoms with Gasteiger partial charge in [-0.15, -0.1) is 0 Å². The number of carbonyl (C=O) groups is 1. The molecule has 5 fully saturated rings. The van der Waals surface area contributed by atoms with Gasteiger partial charge in [0, 0.05) is 57.6 Å². The summed E-state index contributed by atoms with van der Waals surface area (Å²) < 4.78 is 11.9. The van der Waals surface area contributed by atoms with Crippen molar-refractivity contribution in [3.63, 3.8) is 0 Å². The van der Waals surface area contributed by atoms with Crippen LogP contribution in [-0.2, 0) is 6.54 Å². The van der Waals surface area contributed by atoms with Gasteiger partial charge in [-0.3, -0.25) is 9.69 Å². The van der Waals surface area contributed by atoms with Crippen LogP contribution in [-0.4, -0.2) is 68.2 Å². The summed E-state index contributed by atoms with van der Waals surface area (Å²) in [6, 6.07) is 23.3. The Kier molecular flexibility index (Phi) is 9.24. The smallest absolute Gasteiger partial charge is 0.253 e. The van der Waals surface area contributed by atoms with Crippen LogP contribution in [0.1, 0.15) is 75.2 Å². The third-order valence-electron chi connectivity index (χ3n) is 11.2. The maximum atomic E-state index is 13.5. The van der Waals surface area contributed by atoms with Crippen LogP contribution in [0.25, 0.3) is 11.1 Å². The summed E-state index contributed by atoms with van der Waals surface area (Å²) in [6.07, 6.45) is 8.45.